The van der Waals surface area contributed by atoms with E-state index >= 15 is 0 Å². The van der Waals surface area contributed by atoms with Crippen LogP contribution in [0.25, 0.3) is 0 Å². The van der Waals surface area contributed by atoms with Gasteiger partial charge in [0.05, 0.1) is 17.7 Å². The van der Waals surface area contributed by atoms with Gasteiger partial charge in [-0.15, -0.1) is 0 Å². The van der Waals surface area contributed by atoms with E-state index in [9.17, 15) is 23.1 Å². The molecule has 0 saturated carbocycles. The lowest BCUT2D eigenvalue weighted by atomic mass is 9.83. The first kappa shape index (κ1) is 22.1. The van der Waals surface area contributed by atoms with E-state index in [0.29, 0.717) is 44.1 Å². The Morgan fingerprint density at radius 3 is 2.28 bits per heavy atom. The molecule has 3 rings (SSSR count). The molecule has 0 bridgehead atoms. The van der Waals surface area contributed by atoms with Crippen molar-refractivity contribution in [3.8, 4) is 0 Å². The number of amides is 1. The molecule has 1 aromatic rings. The second-order valence-electron chi connectivity index (χ2n) is 8.40. The summed E-state index contributed by atoms with van der Waals surface area (Å²) in [7, 11) is 0. The zero-order chi connectivity index (χ0) is 21.2. The molecular weight excluding hydrogens is 383 g/mol. The number of aliphatic hydroxyl groups is 1. The summed E-state index contributed by atoms with van der Waals surface area (Å²) in [5, 5.41) is 10.9. The van der Waals surface area contributed by atoms with Crippen LogP contribution in [0.5, 0.6) is 0 Å². The first-order valence-corrected chi connectivity index (χ1v) is 10.2. The van der Waals surface area contributed by atoms with E-state index < -0.39 is 17.3 Å². The molecule has 2 aliphatic rings. The maximum Gasteiger partial charge on any atom is 0.416 e. The van der Waals surface area contributed by atoms with E-state index in [0.717, 1.165) is 38.3 Å². The average molecular weight is 413 g/mol. The van der Waals surface area contributed by atoms with E-state index in [1.54, 1.807) is 6.07 Å². The van der Waals surface area contributed by atoms with Gasteiger partial charge in [0, 0.05) is 45.3 Å². The van der Waals surface area contributed by atoms with E-state index in [1.807, 2.05) is 9.80 Å². The molecule has 1 aromatic carbocycles. The van der Waals surface area contributed by atoms with Crippen LogP contribution in [-0.2, 0) is 16.6 Å². The molecule has 0 atom stereocenters. The van der Waals surface area contributed by atoms with Gasteiger partial charge in [-0.3, -0.25) is 14.6 Å². The van der Waals surface area contributed by atoms with Crippen molar-refractivity contribution < 1.29 is 23.1 Å². The lowest BCUT2D eigenvalue weighted by molar-refractivity contribution is -0.138. The normalized spacial score (nSPS) is 21.6. The molecule has 162 valence electrons. The highest BCUT2D eigenvalue weighted by molar-refractivity contribution is 5.78. The molecule has 2 heterocycles. The van der Waals surface area contributed by atoms with E-state index in [-0.39, 0.29) is 5.91 Å². The highest BCUT2D eigenvalue weighted by Crippen LogP contribution is 2.36. The lowest BCUT2D eigenvalue weighted by Gasteiger charge is -2.40. The van der Waals surface area contributed by atoms with Gasteiger partial charge in [0.1, 0.15) is 0 Å². The van der Waals surface area contributed by atoms with Gasteiger partial charge in [-0.2, -0.15) is 13.2 Å². The molecule has 0 unspecified atom stereocenters. The number of piperidine rings is 1. The fourth-order valence-electron chi connectivity index (χ4n) is 4.13. The molecule has 5 nitrogen and oxygen atoms in total. The Bertz CT molecular complexity index is 707. The molecule has 0 aromatic heterocycles. The highest BCUT2D eigenvalue weighted by Gasteiger charge is 2.37. The van der Waals surface area contributed by atoms with Crippen molar-refractivity contribution in [1.82, 2.24) is 14.7 Å². The number of benzene rings is 1. The van der Waals surface area contributed by atoms with E-state index in [1.165, 1.54) is 6.07 Å². The molecule has 2 fully saturated rings. The number of likely N-dealkylation sites (tertiary alicyclic amines) is 1. The highest BCUT2D eigenvalue weighted by atomic mass is 19.4. The van der Waals surface area contributed by atoms with Crippen molar-refractivity contribution in [3.05, 3.63) is 35.4 Å². The third kappa shape index (κ3) is 5.29. The summed E-state index contributed by atoms with van der Waals surface area (Å²) in [5.74, 6) is 0.0814. The Kier molecular flexibility index (Phi) is 6.55. The topological polar surface area (TPSA) is 47.0 Å². The summed E-state index contributed by atoms with van der Waals surface area (Å²) in [6.45, 7) is 8.73. The van der Waals surface area contributed by atoms with Crippen molar-refractivity contribution in [2.75, 3.05) is 45.8 Å². The van der Waals surface area contributed by atoms with Crippen molar-refractivity contribution in [2.45, 2.75) is 44.5 Å². The van der Waals surface area contributed by atoms with E-state index in [2.05, 4.69) is 18.7 Å². The first-order valence-electron chi connectivity index (χ1n) is 10.2. The number of carbonyl (C=O) groups excluding carboxylic acids is 1. The third-order valence-corrected chi connectivity index (χ3v) is 6.17. The Hall–Kier alpha value is -1.64. The van der Waals surface area contributed by atoms with Gasteiger partial charge in [0.15, 0.2) is 0 Å². The smallest absolute Gasteiger partial charge is 0.385 e. The molecule has 2 saturated heterocycles. The van der Waals surface area contributed by atoms with Crippen LogP contribution in [0.2, 0.25) is 0 Å². The summed E-state index contributed by atoms with van der Waals surface area (Å²) in [6.07, 6.45) is -3.81. The second kappa shape index (κ2) is 8.62. The maximum absolute atomic E-state index is 13.0. The van der Waals surface area contributed by atoms with Crippen LogP contribution in [0.4, 0.5) is 13.2 Å². The summed E-state index contributed by atoms with van der Waals surface area (Å²) in [4.78, 5) is 18.8. The Morgan fingerprint density at radius 2 is 1.72 bits per heavy atom. The summed E-state index contributed by atoms with van der Waals surface area (Å²) >= 11 is 0. The fraction of sp³-hybridized carbons (Fsp3) is 0.667. The Labute approximate surface area is 170 Å². The molecule has 0 radical (unpaired) electrons. The number of carbonyl (C=O) groups is 1. The van der Waals surface area contributed by atoms with Crippen LogP contribution >= 0.6 is 0 Å². The molecular formula is C21H30F3N3O2. The number of rotatable bonds is 4. The number of hydrogen-bond donors (Lipinski definition) is 1. The monoisotopic (exact) mass is 413 g/mol. The predicted molar refractivity (Wildman–Crippen MR) is 104 cm³/mol. The fourth-order valence-corrected chi connectivity index (χ4v) is 4.13. The van der Waals surface area contributed by atoms with Gasteiger partial charge >= 0.3 is 6.18 Å². The van der Waals surface area contributed by atoms with Crippen LogP contribution < -0.4 is 0 Å². The van der Waals surface area contributed by atoms with Gasteiger partial charge in [-0.1, -0.05) is 12.1 Å². The second-order valence-corrected chi connectivity index (χ2v) is 8.40. The minimum absolute atomic E-state index is 0.0814. The Morgan fingerprint density at radius 1 is 1.10 bits per heavy atom. The zero-order valence-corrected chi connectivity index (χ0v) is 17.1. The summed E-state index contributed by atoms with van der Waals surface area (Å²) in [6, 6.07) is 5.41. The number of alkyl halides is 3. The van der Waals surface area contributed by atoms with Crippen molar-refractivity contribution >= 4 is 5.91 Å². The van der Waals surface area contributed by atoms with Crippen LogP contribution in [-0.4, -0.2) is 77.6 Å². The minimum atomic E-state index is -4.43. The molecule has 1 amide bonds. The third-order valence-electron chi connectivity index (χ3n) is 6.17. The number of hydrogen-bond acceptors (Lipinski definition) is 4. The van der Waals surface area contributed by atoms with Gasteiger partial charge in [0.2, 0.25) is 5.91 Å². The lowest BCUT2D eigenvalue weighted by Crippen LogP contribution is -2.53. The van der Waals surface area contributed by atoms with Crippen LogP contribution in [0.3, 0.4) is 0 Å². The summed E-state index contributed by atoms with van der Waals surface area (Å²) in [5.41, 5.74) is -1.74. The molecule has 1 N–H and O–H groups in total. The van der Waals surface area contributed by atoms with Gasteiger partial charge in [0.25, 0.3) is 0 Å². The van der Waals surface area contributed by atoms with Crippen molar-refractivity contribution in [2.24, 2.45) is 0 Å². The maximum atomic E-state index is 13.0. The van der Waals surface area contributed by atoms with Crippen LogP contribution in [0, 0.1) is 0 Å². The number of halogens is 3. The van der Waals surface area contributed by atoms with E-state index in [4.69, 9.17) is 0 Å². The quantitative estimate of drug-likeness (QED) is 0.824. The molecule has 0 aliphatic carbocycles. The molecule has 0 spiro atoms. The van der Waals surface area contributed by atoms with Crippen molar-refractivity contribution in [1.29, 1.82) is 0 Å². The van der Waals surface area contributed by atoms with Gasteiger partial charge in [-0.25, -0.2) is 0 Å². The zero-order valence-electron chi connectivity index (χ0n) is 17.1. The van der Waals surface area contributed by atoms with Gasteiger partial charge < -0.3 is 10.0 Å². The predicted octanol–water partition coefficient (Wildman–Crippen LogP) is 2.54. The Balaban J connectivity index is 1.53. The minimum Gasteiger partial charge on any atom is -0.385 e. The van der Waals surface area contributed by atoms with Crippen LogP contribution in [0.1, 0.15) is 37.8 Å². The molecule has 29 heavy (non-hydrogen) atoms. The number of nitrogens with zero attached hydrogens (tertiary/aromatic N) is 3. The average Bonchev–Trinajstić information content (AvgIpc) is 2.69. The molecule has 2 aliphatic heterocycles. The SMILES string of the molecule is CC(C)N1CCN(C(=O)CN2CCC(O)(c3cccc(C(F)(F)F)c3)CC2)CC1. The largest absolute Gasteiger partial charge is 0.416 e. The van der Waals surface area contributed by atoms with Gasteiger partial charge in [-0.05, 0) is 44.4 Å². The first-order chi connectivity index (χ1) is 13.6. The van der Waals surface area contributed by atoms with Crippen LogP contribution in [0.15, 0.2) is 24.3 Å². The van der Waals surface area contributed by atoms with Crippen molar-refractivity contribution in [3.63, 3.8) is 0 Å². The standard InChI is InChI=1S/C21H30F3N3O2/c1-16(2)26-10-12-27(13-11-26)19(28)15-25-8-6-20(29,7-9-25)17-4-3-5-18(14-17)21(22,23)24/h3-5,14,16,29H,6-13,15H2,1-2H3. The number of piperazine rings is 1. The summed E-state index contributed by atoms with van der Waals surface area (Å²) < 4.78 is 38.9. The molecule has 8 heteroatoms.